The molecule has 0 unspecified atom stereocenters. The van der Waals surface area contributed by atoms with E-state index >= 15 is 0 Å². The van der Waals surface area contributed by atoms with Crippen molar-refractivity contribution in [3.05, 3.63) is 39.3 Å². The van der Waals surface area contributed by atoms with Crippen molar-refractivity contribution in [3.8, 4) is 22.9 Å². The lowest BCUT2D eigenvalue weighted by molar-refractivity contribution is 0.443. The van der Waals surface area contributed by atoms with Crippen LogP contribution in [0.1, 0.15) is 0 Å². The van der Waals surface area contributed by atoms with E-state index in [4.69, 9.17) is 0 Å². The number of hydrogen-bond acceptors (Lipinski definition) is 3. The molecule has 3 N–H and O–H groups in total. The number of phenolic OH excluding ortho intramolecular Hbond substituents is 2. The van der Waals surface area contributed by atoms with Gasteiger partial charge in [0.15, 0.2) is 0 Å². The molecule has 0 amide bonds. The maximum absolute atomic E-state index is 10.1. The quantitative estimate of drug-likeness (QED) is 0.590. The molecule has 3 rings (SSSR count). The van der Waals surface area contributed by atoms with E-state index in [2.05, 4.69) is 41.8 Å². The molecular formula is C13H8Br2N2O2. The van der Waals surface area contributed by atoms with E-state index in [1.807, 2.05) is 24.3 Å². The van der Waals surface area contributed by atoms with Crippen molar-refractivity contribution >= 4 is 42.9 Å². The van der Waals surface area contributed by atoms with Crippen molar-refractivity contribution in [1.29, 1.82) is 0 Å². The van der Waals surface area contributed by atoms with Gasteiger partial charge in [0.1, 0.15) is 21.8 Å². The molecule has 0 aliphatic heterocycles. The summed E-state index contributed by atoms with van der Waals surface area (Å²) in [5.41, 5.74) is 2.21. The number of nitrogens with one attached hydrogen (secondary N) is 1. The number of imidazole rings is 1. The first kappa shape index (κ1) is 12.5. The molecular weight excluding hydrogens is 376 g/mol. The third-order valence-corrected chi connectivity index (χ3v) is 4.17. The number of phenols is 2. The molecule has 0 radical (unpaired) electrons. The van der Waals surface area contributed by atoms with Crippen molar-refractivity contribution in [1.82, 2.24) is 9.97 Å². The number of fused-ring (bicyclic) bond motifs is 1. The standard InChI is InChI=1S/C13H8Br2N2O2/c14-7-5-6(11(18)10(15)12(7)19)13-16-8-3-1-2-4-9(8)17-13/h1-5,18-19H,(H,16,17). The second-order valence-corrected chi connectivity index (χ2v) is 5.67. The topological polar surface area (TPSA) is 69.1 Å². The van der Waals surface area contributed by atoms with Crippen LogP contribution in [-0.2, 0) is 0 Å². The number of aromatic amines is 1. The molecule has 0 aliphatic carbocycles. The normalized spacial score (nSPS) is 11.1. The largest absolute Gasteiger partial charge is 0.506 e. The Kier molecular flexibility index (Phi) is 2.99. The third kappa shape index (κ3) is 2.01. The van der Waals surface area contributed by atoms with Gasteiger partial charge in [0.05, 0.1) is 21.1 Å². The lowest BCUT2D eigenvalue weighted by atomic mass is 10.2. The number of benzene rings is 2. The van der Waals surface area contributed by atoms with Gasteiger partial charge in [0.25, 0.3) is 0 Å². The Morgan fingerprint density at radius 2 is 1.79 bits per heavy atom. The Hall–Kier alpha value is -1.53. The average molecular weight is 384 g/mol. The summed E-state index contributed by atoms with van der Waals surface area (Å²) in [5.74, 6) is 0.442. The Morgan fingerprint density at radius 3 is 2.53 bits per heavy atom. The van der Waals surface area contributed by atoms with E-state index in [1.54, 1.807) is 6.07 Å². The maximum atomic E-state index is 10.1. The van der Waals surface area contributed by atoms with E-state index in [1.165, 1.54) is 0 Å². The zero-order valence-corrected chi connectivity index (χ0v) is 12.7. The zero-order valence-electron chi connectivity index (χ0n) is 9.48. The number of aromatic nitrogens is 2. The second kappa shape index (κ2) is 4.54. The van der Waals surface area contributed by atoms with Crippen LogP contribution in [0.25, 0.3) is 22.4 Å². The van der Waals surface area contributed by atoms with Gasteiger partial charge >= 0.3 is 0 Å². The summed E-state index contributed by atoms with van der Waals surface area (Å²) in [6.45, 7) is 0. The molecule has 3 aromatic rings. The molecule has 0 spiro atoms. The first-order chi connectivity index (χ1) is 9.08. The van der Waals surface area contributed by atoms with E-state index in [0.717, 1.165) is 11.0 Å². The minimum absolute atomic E-state index is 0.0441. The van der Waals surface area contributed by atoms with Crippen LogP contribution in [0.4, 0.5) is 0 Å². The van der Waals surface area contributed by atoms with Crippen LogP contribution in [0.15, 0.2) is 39.3 Å². The Bertz CT molecular complexity index is 751. The number of nitrogens with zero attached hydrogens (tertiary/aromatic N) is 1. The number of H-pyrrole nitrogens is 1. The van der Waals surface area contributed by atoms with Gasteiger partial charge in [0, 0.05) is 0 Å². The lowest BCUT2D eigenvalue weighted by Gasteiger charge is -2.07. The van der Waals surface area contributed by atoms with Gasteiger partial charge in [0.2, 0.25) is 0 Å². The highest BCUT2D eigenvalue weighted by atomic mass is 79.9. The molecule has 0 saturated carbocycles. The first-order valence-electron chi connectivity index (χ1n) is 5.43. The Labute approximate surface area is 125 Å². The number of para-hydroxylation sites is 2. The number of aromatic hydroxyl groups is 2. The molecule has 0 aliphatic rings. The Morgan fingerprint density at radius 1 is 1.05 bits per heavy atom. The molecule has 96 valence electrons. The molecule has 0 saturated heterocycles. The van der Waals surface area contributed by atoms with E-state index < -0.39 is 0 Å². The summed E-state index contributed by atoms with van der Waals surface area (Å²) >= 11 is 6.39. The van der Waals surface area contributed by atoms with Crippen molar-refractivity contribution in [2.45, 2.75) is 0 Å². The van der Waals surface area contributed by atoms with Crippen molar-refractivity contribution in [2.75, 3.05) is 0 Å². The molecule has 0 bridgehead atoms. The summed E-state index contributed by atoms with van der Waals surface area (Å²) in [6, 6.07) is 9.22. The van der Waals surface area contributed by atoms with Crippen LogP contribution in [0.2, 0.25) is 0 Å². The van der Waals surface area contributed by atoms with Gasteiger partial charge in [-0.1, -0.05) is 12.1 Å². The Balaban J connectivity index is 2.27. The maximum Gasteiger partial charge on any atom is 0.147 e. The molecule has 1 aromatic heterocycles. The van der Waals surface area contributed by atoms with Gasteiger partial charge in [-0.25, -0.2) is 4.98 Å². The second-order valence-electron chi connectivity index (χ2n) is 4.02. The van der Waals surface area contributed by atoms with Gasteiger partial charge in [-0.3, -0.25) is 0 Å². The monoisotopic (exact) mass is 382 g/mol. The van der Waals surface area contributed by atoms with Crippen molar-refractivity contribution in [3.63, 3.8) is 0 Å². The third-order valence-electron chi connectivity index (χ3n) is 2.81. The molecule has 0 atom stereocenters. The van der Waals surface area contributed by atoms with Gasteiger partial charge in [-0.05, 0) is 50.1 Å². The smallest absolute Gasteiger partial charge is 0.147 e. The van der Waals surface area contributed by atoms with E-state index in [-0.39, 0.29) is 16.0 Å². The molecule has 6 heteroatoms. The minimum Gasteiger partial charge on any atom is -0.506 e. The summed E-state index contributed by atoms with van der Waals surface area (Å²) in [5, 5.41) is 19.8. The number of halogens is 2. The van der Waals surface area contributed by atoms with Crippen LogP contribution in [0.3, 0.4) is 0 Å². The van der Waals surface area contributed by atoms with Crippen molar-refractivity contribution < 1.29 is 10.2 Å². The fraction of sp³-hybridized carbons (Fsp3) is 0. The van der Waals surface area contributed by atoms with E-state index in [9.17, 15) is 10.2 Å². The summed E-state index contributed by atoms with van der Waals surface area (Å²) in [4.78, 5) is 7.55. The molecule has 1 heterocycles. The fourth-order valence-corrected chi connectivity index (χ4v) is 2.98. The van der Waals surface area contributed by atoms with Crippen LogP contribution in [-0.4, -0.2) is 20.2 Å². The highest BCUT2D eigenvalue weighted by Crippen LogP contribution is 2.44. The van der Waals surface area contributed by atoms with Crippen molar-refractivity contribution in [2.24, 2.45) is 0 Å². The summed E-state index contributed by atoms with van der Waals surface area (Å²) in [7, 11) is 0. The fourth-order valence-electron chi connectivity index (χ4n) is 1.86. The van der Waals surface area contributed by atoms with Crippen LogP contribution in [0.5, 0.6) is 11.5 Å². The SMILES string of the molecule is Oc1c(Br)cc(-c2nc3ccccc3[nH]2)c(O)c1Br. The summed E-state index contributed by atoms with van der Waals surface area (Å²) in [6.07, 6.45) is 0. The van der Waals surface area contributed by atoms with E-state index in [0.29, 0.717) is 15.9 Å². The highest BCUT2D eigenvalue weighted by Gasteiger charge is 2.17. The van der Waals surface area contributed by atoms with Crippen LogP contribution >= 0.6 is 31.9 Å². The van der Waals surface area contributed by atoms with Gasteiger partial charge in [-0.2, -0.15) is 0 Å². The van der Waals surface area contributed by atoms with Gasteiger partial charge in [-0.15, -0.1) is 0 Å². The summed E-state index contributed by atoms with van der Waals surface area (Å²) < 4.78 is 0.713. The predicted octanol–water partition coefficient (Wildman–Crippen LogP) is 4.17. The molecule has 0 fully saturated rings. The van der Waals surface area contributed by atoms with Crippen LogP contribution < -0.4 is 0 Å². The molecule has 4 nitrogen and oxygen atoms in total. The predicted molar refractivity (Wildman–Crippen MR) is 80.3 cm³/mol. The number of rotatable bonds is 1. The van der Waals surface area contributed by atoms with Gasteiger partial charge < -0.3 is 15.2 Å². The lowest BCUT2D eigenvalue weighted by Crippen LogP contribution is -1.85. The molecule has 2 aromatic carbocycles. The average Bonchev–Trinajstić information content (AvgIpc) is 2.84. The minimum atomic E-state index is -0.0558. The molecule has 19 heavy (non-hydrogen) atoms. The number of hydrogen-bond donors (Lipinski definition) is 3. The highest BCUT2D eigenvalue weighted by molar-refractivity contribution is 9.11. The van der Waals surface area contributed by atoms with Crippen LogP contribution in [0, 0.1) is 0 Å². The first-order valence-corrected chi connectivity index (χ1v) is 7.01. The zero-order chi connectivity index (χ0) is 13.6.